The van der Waals surface area contributed by atoms with Crippen molar-refractivity contribution < 1.29 is 19.5 Å². The standard InChI is InChI=1S/C29H37NO3/c1-21(2)32-25-14-10-23(11-15-25)20-30-19-18-27(28-8-6-7-9-29(28)31-5)24-12-16-26(17-13-24)33-22(3)4/h6-17,21-22,27,30H,18-20H2,1-5H3/p+1/t27-/m0/s1. The molecule has 0 heterocycles. The van der Waals surface area contributed by atoms with Crippen molar-refractivity contribution in [1.29, 1.82) is 0 Å². The fourth-order valence-electron chi connectivity index (χ4n) is 4.04. The Morgan fingerprint density at radius 2 is 1.30 bits per heavy atom. The van der Waals surface area contributed by atoms with Crippen LogP contribution in [0.15, 0.2) is 72.8 Å². The molecule has 4 nitrogen and oxygen atoms in total. The zero-order valence-electron chi connectivity index (χ0n) is 20.6. The molecule has 0 fully saturated rings. The predicted octanol–water partition coefficient (Wildman–Crippen LogP) is 5.56. The summed E-state index contributed by atoms with van der Waals surface area (Å²) in [7, 11) is 1.74. The first kappa shape index (κ1) is 24.7. The second-order valence-electron chi connectivity index (χ2n) is 8.91. The minimum Gasteiger partial charge on any atom is -0.496 e. The van der Waals surface area contributed by atoms with Crippen LogP contribution in [0.3, 0.4) is 0 Å². The van der Waals surface area contributed by atoms with Gasteiger partial charge in [0.05, 0.1) is 25.9 Å². The highest BCUT2D eigenvalue weighted by atomic mass is 16.5. The summed E-state index contributed by atoms with van der Waals surface area (Å²) in [5, 5.41) is 2.37. The zero-order valence-corrected chi connectivity index (χ0v) is 20.6. The average Bonchev–Trinajstić information content (AvgIpc) is 2.80. The Balaban J connectivity index is 1.67. The molecule has 0 aliphatic rings. The second-order valence-corrected chi connectivity index (χ2v) is 8.91. The molecular formula is C29H38NO3+. The monoisotopic (exact) mass is 448 g/mol. The average molecular weight is 449 g/mol. The van der Waals surface area contributed by atoms with E-state index >= 15 is 0 Å². The number of quaternary nitrogens is 1. The van der Waals surface area contributed by atoms with Crippen LogP contribution >= 0.6 is 0 Å². The van der Waals surface area contributed by atoms with E-state index < -0.39 is 0 Å². The van der Waals surface area contributed by atoms with Crippen molar-refractivity contribution in [1.82, 2.24) is 0 Å². The maximum absolute atomic E-state index is 5.84. The van der Waals surface area contributed by atoms with Crippen molar-refractivity contribution in [3.05, 3.63) is 89.5 Å². The molecule has 33 heavy (non-hydrogen) atoms. The van der Waals surface area contributed by atoms with E-state index in [0.29, 0.717) is 0 Å². The number of hydrogen-bond acceptors (Lipinski definition) is 3. The molecule has 0 unspecified atom stereocenters. The highest BCUT2D eigenvalue weighted by molar-refractivity contribution is 5.43. The largest absolute Gasteiger partial charge is 0.496 e. The van der Waals surface area contributed by atoms with Gasteiger partial charge in [-0.2, -0.15) is 0 Å². The number of methoxy groups -OCH3 is 1. The summed E-state index contributed by atoms with van der Waals surface area (Å²) < 4.78 is 17.3. The lowest BCUT2D eigenvalue weighted by Gasteiger charge is -2.20. The van der Waals surface area contributed by atoms with Crippen LogP contribution in [0.4, 0.5) is 0 Å². The summed E-state index contributed by atoms with van der Waals surface area (Å²) in [6.07, 6.45) is 1.38. The van der Waals surface area contributed by atoms with E-state index in [0.717, 1.165) is 36.8 Å². The molecule has 3 aromatic carbocycles. The second kappa shape index (κ2) is 12.3. The maximum Gasteiger partial charge on any atom is 0.122 e. The van der Waals surface area contributed by atoms with E-state index in [9.17, 15) is 0 Å². The first-order valence-electron chi connectivity index (χ1n) is 11.9. The Bertz CT molecular complexity index is 965. The van der Waals surface area contributed by atoms with E-state index in [-0.39, 0.29) is 18.1 Å². The number of rotatable bonds is 12. The molecule has 2 N–H and O–H groups in total. The van der Waals surface area contributed by atoms with Crippen molar-refractivity contribution >= 4 is 0 Å². The third-order valence-electron chi connectivity index (χ3n) is 5.50. The summed E-state index contributed by atoms with van der Waals surface area (Å²) >= 11 is 0. The molecule has 3 aromatic rings. The number of hydrogen-bond donors (Lipinski definition) is 1. The Morgan fingerprint density at radius 1 is 0.727 bits per heavy atom. The van der Waals surface area contributed by atoms with Gasteiger partial charge >= 0.3 is 0 Å². The van der Waals surface area contributed by atoms with Gasteiger partial charge in [-0.15, -0.1) is 0 Å². The minimum absolute atomic E-state index is 0.168. The van der Waals surface area contributed by atoms with E-state index in [4.69, 9.17) is 14.2 Å². The summed E-state index contributed by atoms with van der Waals surface area (Å²) in [4.78, 5) is 0. The molecule has 0 saturated carbocycles. The van der Waals surface area contributed by atoms with E-state index in [1.165, 1.54) is 16.7 Å². The van der Waals surface area contributed by atoms with Crippen molar-refractivity contribution in [3.63, 3.8) is 0 Å². The normalized spacial score (nSPS) is 12.1. The fraction of sp³-hybridized carbons (Fsp3) is 0.379. The van der Waals surface area contributed by atoms with Gasteiger partial charge in [-0.1, -0.05) is 30.3 Å². The summed E-state index contributed by atoms with van der Waals surface area (Å²) in [6.45, 7) is 10.1. The van der Waals surface area contributed by atoms with Crippen molar-refractivity contribution in [2.45, 2.75) is 58.8 Å². The first-order chi connectivity index (χ1) is 16.0. The molecule has 0 amide bonds. The number of nitrogens with two attached hydrogens (primary N) is 1. The third kappa shape index (κ3) is 7.54. The van der Waals surface area contributed by atoms with Crippen molar-refractivity contribution in [2.24, 2.45) is 0 Å². The Labute approximate surface area is 198 Å². The summed E-state index contributed by atoms with van der Waals surface area (Å²) in [6, 6.07) is 25.3. The molecule has 0 aliphatic heterocycles. The Kier molecular flexibility index (Phi) is 9.20. The molecular weight excluding hydrogens is 410 g/mol. The first-order valence-corrected chi connectivity index (χ1v) is 11.9. The fourth-order valence-corrected chi connectivity index (χ4v) is 4.04. The van der Waals surface area contributed by atoms with Crippen LogP contribution in [0.5, 0.6) is 17.2 Å². The van der Waals surface area contributed by atoms with Crippen molar-refractivity contribution in [2.75, 3.05) is 13.7 Å². The summed E-state index contributed by atoms with van der Waals surface area (Å²) in [5.74, 6) is 3.02. The highest BCUT2D eigenvalue weighted by Crippen LogP contribution is 2.34. The van der Waals surface area contributed by atoms with Gasteiger partial charge in [0, 0.05) is 23.5 Å². The van der Waals surface area contributed by atoms with Crippen LogP contribution in [0.1, 0.15) is 56.7 Å². The third-order valence-corrected chi connectivity index (χ3v) is 5.50. The van der Waals surface area contributed by atoms with Gasteiger partial charge in [0.2, 0.25) is 0 Å². The molecule has 0 spiro atoms. The maximum atomic E-state index is 5.84. The number of ether oxygens (including phenoxy) is 3. The van der Waals surface area contributed by atoms with E-state index in [2.05, 4.69) is 66.0 Å². The van der Waals surface area contributed by atoms with Gasteiger partial charge in [0.15, 0.2) is 0 Å². The molecule has 1 atom stereocenters. The van der Waals surface area contributed by atoms with Crippen molar-refractivity contribution in [3.8, 4) is 17.2 Å². The van der Waals surface area contributed by atoms with Crippen LogP contribution in [0.25, 0.3) is 0 Å². The van der Waals surface area contributed by atoms with Gasteiger partial charge in [0.1, 0.15) is 23.8 Å². The van der Waals surface area contributed by atoms with Crippen LogP contribution in [0.2, 0.25) is 0 Å². The SMILES string of the molecule is COc1ccccc1[C@@H](CC[NH2+]Cc1ccc(OC(C)C)cc1)c1ccc(OC(C)C)cc1. The molecule has 176 valence electrons. The van der Waals surface area contributed by atoms with Gasteiger partial charge < -0.3 is 19.5 Å². The molecule has 0 aromatic heterocycles. The zero-order chi connectivity index (χ0) is 23.6. The Hall–Kier alpha value is -2.98. The van der Waals surface area contributed by atoms with Gasteiger partial charge in [-0.25, -0.2) is 0 Å². The lowest BCUT2D eigenvalue weighted by Crippen LogP contribution is -2.82. The molecule has 3 rings (SSSR count). The molecule has 0 bridgehead atoms. The van der Waals surface area contributed by atoms with E-state index in [1.54, 1.807) is 7.11 Å². The molecule has 4 heteroatoms. The number of para-hydroxylation sites is 1. The topological polar surface area (TPSA) is 44.3 Å². The molecule has 0 radical (unpaired) electrons. The van der Waals surface area contributed by atoms with Gasteiger partial charge in [0.25, 0.3) is 0 Å². The van der Waals surface area contributed by atoms with Gasteiger partial charge in [-0.05, 0) is 75.7 Å². The Morgan fingerprint density at radius 3 is 1.88 bits per heavy atom. The quantitative estimate of drug-likeness (QED) is 0.369. The van der Waals surface area contributed by atoms with Crippen LogP contribution in [-0.4, -0.2) is 25.9 Å². The molecule has 0 saturated heterocycles. The van der Waals surface area contributed by atoms with Gasteiger partial charge in [-0.3, -0.25) is 0 Å². The molecule has 0 aliphatic carbocycles. The van der Waals surface area contributed by atoms with Crippen LogP contribution in [0, 0.1) is 0 Å². The smallest absolute Gasteiger partial charge is 0.122 e. The lowest BCUT2D eigenvalue weighted by molar-refractivity contribution is -0.671. The van der Waals surface area contributed by atoms with Crippen LogP contribution < -0.4 is 19.5 Å². The van der Waals surface area contributed by atoms with Crippen LogP contribution in [-0.2, 0) is 6.54 Å². The van der Waals surface area contributed by atoms with E-state index in [1.807, 2.05) is 39.8 Å². The summed E-state index contributed by atoms with van der Waals surface area (Å²) in [5.41, 5.74) is 3.80. The minimum atomic E-state index is 0.168. The lowest BCUT2D eigenvalue weighted by atomic mass is 9.88. The predicted molar refractivity (Wildman–Crippen MR) is 134 cm³/mol. The highest BCUT2D eigenvalue weighted by Gasteiger charge is 2.19. The number of benzene rings is 3.